The fraction of sp³-hybridized carbons (Fsp3) is 0.571. The van der Waals surface area contributed by atoms with Crippen molar-refractivity contribution in [3.8, 4) is 0 Å². The first-order valence-electron chi connectivity index (χ1n) is 4.20. The van der Waals surface area contributed by atoms with Crippen LogP contribution in [0.2, 0.25) is 0 Å². The molecule has 1 aromatic rings. The first kappa shape index (κ1) is 10.3. The van der Waals surface area contributed by atoms with Gasteiger partial charge in [-0.2, -0.15) is 4.98 Å². The van der Waals surface area contributed by atoms with Gasteiger partial charge in [-0.25, -0.2) is 9.48 Å². The van der Waals surface area contributed by atoms with Crippen molar-refractivity contribution >= 4 is 17.9 Å². The van der Waals surface area contributed by atoms with E-state index in [0.717, 1.165) is 0 Å². The van der Waals surface area contributed by atoms with Gasteiger partial charge in [0, 0.05) is 7.05 Å². The molecular weight excluding hydrogens is 186 g/mol. The van der Waals surface area contributed by atoms with Gasteiger partial charge >= 0.3 is 5.97 Å². The molecule has 0 amide bonds. The van der Waals surface area contributed by atoms with E-state index in [-0.39, 0.29) is 5.95 Å². The Bertz CT molecular complexity index is 335. The maximum Gasteiger partial charge on any atom is 0.326 e. The molecule has 1 rings (SSSR count). The zero-order chi connectivity index (χ0) is 10.7. The zero-order valence-electron chi connectivity index (χ0n) is 8.06. The van der Waals surface area contributed by atoms with E-state index in [1.54, 1.807) is 14.0 Å². The minimum absolute atomic E-state index is 0.121. The first-order chi connectivity index (χ1) is 6.54. The van der Waals surface area contributed by atoms with Crippen molar-refractivity contribution in [3.05, 3.63) is 0 Å². The van der Waals surface area contributed by atoms with E-state index in [0.29, 0.717) is 12.4 Å². The van der Waals surface area contributed by atoms with Crippen LogP contribution >= 0.6 is 0 Å². The monoisotopic (exact) mass is 199 g/mol. The average Bonchev–Trinajstić information content (AvgIpc) is 2.40. The molecule has 0 saturated heterocycles. The third-order valence-electron chi connectivity index (χ3n) is 1.79. The summed E-state index contributed by atoms with van der Waals surface area (Å²) in [7, 11) is 1.64. The van der Waals surface area contributed by atoms with Gasteiger partial charge < -0.3 is 16.2 Å². The highest BCUT2D eigenvalue weighted by Crippen LogP contribution is 2.07. The lowest BCUT2D eigenvalue weighted by atomic mass is 10.2. The number of carboxylic acids is 1. The summed E-state index contributed by atoms with van der Waals surface area (Å²) in [6.07, 6.45) is 0.460. The molecule has 0 saturated carbocycles. The Morgan fingerprint density at radius 2 is 2.43 bits per heavy atom. The number of anilines is 2. The molecule has 0 aliphatic carbocycles. The molecule has 0 spiro atoms. The van der Waals surface area contributed by atoms with Crippen molar-refractivity contribution in [2.24, 2.45) is 7.05 Å². The van der Waals surface area contributed by atoms with Crippen LogP contribution in [0.1, 0.15) is 13.3 Å². The minimum Gasteiger partial charge on any atom is -0.480 e. The van der Waals surface area contributed by atoms with Crippen LogP contribution in [0, 0.1) is 0 Å². The predicted molar refractivity (Wildman–Crippen MR) is 50.8 cm³/mol. The summed E-state index contributed by atoms with van der Waals surface area (Å²) in [5.41, 5.74) is 5.34. The highest BCUT2D eigenvalue weighted by atomic mass is 16.4. The molecule has 1 atom stereocenters. The highest BCUT2D eigenvalue weighted by molar-refractivity contribution is 5.76. The Hall–Kier alpha value is -1.79. The molecule has 0 bridgehead atoms. The van der Waals surface area contributed by atoms with Gasteiger partial charge in [-0.3, -0.25) is 0 Å². The highest BCUT2D eigenvalue weighted by Gasteiger charge is 2.17. The third-order valence-corrected chi connectivity index (χ3v) is 1.79. The summed E-state index contributed by atoms with van der Waals surface area (Å²) in [5.74, 6) is -0.443. The van der Waals surface area contributed by atoms with Gasteiger partial charge in [0.25, 0.3) is 0 Å². The van der Waals surface area contributed by atoms with Gasteiger partial charge in [-0.05, 0) is 6.42 Å². The van der Waals surface area contributed by atoms with Crippen LogP contribution in [0.15, 0.2) is 0 Å². The largest absolute Gasteiger partial charge is 0.480 e. The Labute approximate surface area is 80.9 Å². The number of rotatable bonds is 4. The Morgan fingerprint density at radius 3 is 2.79 bits per heavy atom. The van der Waals surface area contributed by atoms with Crippen molar-refractivity contribution in [3.63, 3.8) is 0 Å². The van der Waals surface area contributed by atoms with E-state index in [2.05, 4.69) is 15.4 Å². The standard InChI is InChI=1S/C7H13N5O2/c1-3-4(5(13)14)9-7-10-6(8)11-12(7)2/h4H,3H2,1-2H3,(H,13,14)(H3,8,9,10,11). The molecule has 78 valence electrons. The maximum absolute atomic E-state index is 10.7. The van der Waals surface area contributed by atoms with Crippen LogP contribution in [-0.4, -0.2) is 31.9 Å². The SMILES string of the molecule is CCC(Nc1nc(N)nn1C)C(=O)O. The van der Waals surface area contributed by atoms with E-state index in [9.17, 15) is 4.79 Å². The molecule has 0 radical (unpaired) electrons. The van der Waals surface area contributed by atoms with E-state index in [4.69, 9.17) is 10.8 Å². The Morgan fingerprint density at radius 1 is 1.79 bits per heavy atom. The number of nitrogen functional groups attached to an aromatic ring is 1. The van der Waals surface area contributed by atoms with E-state index < -0.39 is 12.0 Å². The minimum atomic E-state index is -0.922. The second kappa shape index (κ2) is 3.95. The Balaban J connectivity index is 2.76. The molecule has 1 heterocycles. The lowest BCUT2D eigenvalue weighted by Crippen LogP contribution is -2.29. The number of aromatic nitrogens is 3. The van der Waals surface area contributed by atoms with Crippen molar-refractivity contribution in [2.75, 3.05) is 11.1 Å². The fourth-order valence-electron chi connectivity index (χ4n) is 1.02. The molecule has 1 unspecified atom stereocenters. The van der Waals surface area contributed by atoms with Crippen LogP contribution in [0.3, 0.4) is 0 Å². The zero-order valence-corrected chi connectivity index (χ0v) is 8.06. The molecule has 14 heavy (non-hydrogen) atoms. The number of hydrogen-bond acceptors (Lipinski definition) is 5. The fourth-order valence-corrected chi connectivity index (χ4v) is 1.02. The predicted octanol–water partition coefficient (Wildman–Crippen LogP) is -0.328. The molecule has 0 aromatic carbocycles. The first-order valence-corrected chi connectivity index (χ1v) is 4.20. The summed E-state index contributed by atoms with van der Waals surface area (Å²) < 4.78 is 1.40. The van der Waals surface area contributed by atoms with Gasteiger partial charge in [0.2, 0.25) is 11.9 Å². The molecule has 7 nitrogen and oxygen atoms in total. The molecule has 4 N–H and O–H groups in total. The van der Waals surface area contributed by atoms with Crippen LogP contribution in [0.5, 0.6) is 0 Å². The molecule has 0 aliphatic heterocycles. The normalized spacial score (nSPS) is 12.4. The van der Waals surface area contributed by atoms with Crippen LogP contribution < -0.4 is 11.1 Å². The summed E-state index contributed by atoms with van der Waals surface area (Å²) in [4.78, 5) is 14.5. The number of carbonyl (C=O) groups is 1. The van der Waals surface area contributed by atoms with Gasteiger partial charge in [0.15, 0.2) is 0 Å². The lowest BCUT2D eigenvalue weighted by Gasteiger charge is -2.11. The van der Waals surface area contributed by atoms with Gasteiger partial charge in [-0.15, -0.1) is 5.10 Å². The second-order valence-corrected chi connectivity index (χ2v) is 2.86. The van der Waals surface area contributed by atoms with Crippen molar-refractivity contribution < 1.29 is 9.90 Å². The topological polar surface area (TPSA) is 106 Å². The Kier molecular flexibility index (Phi) is 2.90. The number of nitrogens with one attached hydrogen (secondary N) is 1. The summed E-state index contributed by atoms with van der Waals surface area (Å²) in [5, 5.41) is 15.3. The van der Waals surface area contributed by atoms with Crippen molar-refractivity contribution in [1.29, 1.82) is 0 Å². The molecule has 1 aromatic heterocycles. The summed E-state index contributed by atoms with van der Waals surface area (Å²) in [6, 6.07) is -0.669. The third kappa shape index (κ3) is 2.12. The molecule has 0 aliphatic rings. The number of nitrogens with two attached hydrogens (primary N) is 1. The van der Waals surface area contributed by atoms with Gasteiger partial charge in [0.05, 0.1) is 0 Å². The lowest BCUT2D eigenvalue weighted by molar-refractivity contribution is -0.138. The van der Waals surface area contributed by atoms with Crippen molar-refractivity contribution in [2.45, 2.75) is 19.4 Å². The average molecular weight is 199 g/mol. The van der Waals surface area contributed by atoms with Gasteiger partial charge in [-0.1, -0.05) is 6.92 Å². The van der Waals surface area contributed by atoms with E-state index >= 15 is 0 Å². The number of aryl methyl sites for hydroxylation is 1. The smallest absolute Gasteiger partial charge is 0.326 e. The second-order valence-electron chi connectivity index (χ2n) is 2.86. The molecule has 7 heteroatoms. The van der Waals surface area contributed by atoms with Gasteiger partial charge in [0.1, 0.15) is 6.04 Å². The molecule has 0 fully saturated rings. The van der Waals surface area contributed by atoms with Crippen LogP contribution in [0.25, 0.3) is 0 Å². The summed E-state index contributed by atoms with van der Waals surface area (Å²) in [6.45, 7) is 1.77. The van der Waals surface area contributed by atoms with E-state index in [1.807, 2.05) is 0 Å². The maximum atomic E-state index is 10.7. The number of aliphatic carboxylic acids is 1. The number of carboxylic acid groups (broad SMARTS) is 1. The quantitative estimate of drug-likeness (QED) is 0.613. The molecular formula is C7H13N5O2. The summed E-state index contributed by atoms with van der Waals surface area (Å²) >= 11 is 0. The van der Waals surface area contributed by atoms with Crippen LogP contribution in [-0.2, 0) is 11.8 Å². The van der Waals surface area contributed by atoms with Crippen molar-refractivity contribution in [1.82, 2.24) is 14.8 Å². The number of nitrogens with zero attached hydrogens (tertiary/aromatic N) is 3. The number of hydrogen-bond donors (Lipinski definition) is 3. The van der Waals surface area contributed by atoms with Crippen LogP contribution in [0.4, 0.5) is 11.9 Å². The van der Waals surface area contributed by atoms with E-state index in [1.165, 1.54) is 4.68 Å².